The molecule has 2 atom stereocenters. The van der Waals surface area contributed by atoms with Crippen LogP contribution in [0.4, 0.5) is 5.69 Å². The summed E-state index contributed by atoms with van der Waals surface area (Å²) < 4.78 is 29.7. The van der Waals surface area contributed by atoms with Gasteiger partial charge in [-0.3, -0.25) is 13.9 Å². The van der Waals surface area contributed by atoms with Crippen LogP contribution in [0, 0.1) is 0 Å². The van der Waals surface area contributed by atoms with Gasteiger partial charge in [0, 0.05) is 17.1 Å². The van der Waals surface area contributed by atoms with Gasteiger partial charge in [0.2, 0.25) is 11.8 Å². The third-order valence-electron chi connectivity index (χ3n) is 6.89. The van der Waals surface area contributed by atoms with Gasteiger partial charge in [0.25, 0.3) is 10.0 Å². The van der Waals surface area contributed by atoms with Crippen LogP contribution in [-0.4, -0.2) is 43.8 Å². The van der Waals surface area contributed by atoms with Gasteiger partial charge in [-0.2, -0.15) is 0 Å². The van der Waals surface area contributed by atoms with E-state index in [1.807, 2.05) is 50.2 Å². The Labute approximate surface area is 246 Å². The first kappa shape index (κ1) is 31.4. The molecule has 214 valence electrons. The molecule has 0 spiro atoms. The third kappa shape index (κ3) is 7.95. The molecule has 3 aromatic carbocycles. The Bertz CT molecular complexity index is 1380. The lowest BCUT2D eigenvalue weighted by Crippen LogP contribution is -2.52. The van der Waals surface area contributed by atoms with Crippen LogP contribution in [-0.2, 0) is 26.2 Å². The van der Waals surface area contributed by atoms with Crippen LogP contribution < -0.4 is 9.62 Å². The Kier molecular flexibility index (Phi) is 10.9. The highest BCUT2D eigenvalue weighted by Gasteiger charge is 2.32. The minimum absolute atomic E-state index is 0.0611. The highest BCUT2D eigenvalue weighted by molar-refractivity contribution is 9.10. The molecule has 1 N–H and O–H groups in total. The molecule has 0 fully saturated rings. The Morgan fingerprint density at radius 3 is 2.02 bits per heavy atom. The zero-order valence-corrected chi connectivity index (χ0v) is 26.1. The SMILES string of the molecule is CCC(C)NC(=O)C(C)N(Cc1ccc(Br)cc1)C(=O)CN(c1ccc(C(C)C)cc1)S(=O)(=O)c1ccccc1. The third-order valence-corrected chi connectivity index (χ3v) is 9.21. The summed E-state index contributed by atoms with van der Waals surface area (Å²) >= 11 is 3.43. The van der Waals surface area contributed by atoms with Gasteiger partial charge in [0.05, 0.1) is 10.6 Å². The first-order chi connectivity index (χ1) is 18.9. The number of carbonyl (C=O) groups excluding carboxylic acids is 2. The van der Waals surface area contributed by atoms with Crippen molar-refractivity contribution in [3.8, 4) is 0 Å². The molecule has 3 rings (SSSR count). The van der Waals surface area contributed by atoms with Crippen molar-refractivity contribution < 1.29 is 18.0 Å². The van der Waals surface area contributed by atoms with E-state index in [1.165, 1.54) is 17.0 Å². The summed E-state index contributed by atoms with van der Waals surface area (Å²) in [4.78, 5) is 28.6. The van der Waals surface area contributed by atoms with Crippen molar-refractivity contribution in [1.29, 1.82) is 0 Å². The minimum atomic E-state index is -4.08. The van der Waals surface area contributed by atoms with Gasteiger partial charge in [-0.05, 0) is 73.7 Å². The van der Waals surface area contributed by atoms with Crippen molar-refractivity contribution in [2.24, 2.45) is 0 Å². The largest absolute Gasteiger partial charge is 0.352 e. The maximum atomic E-state index is 14.0. The van der Waals surface area contributed by atoms with E-state index in [0.717, 1.165) is 26.3 Å². The lowest BCUT2D eigenvalue weighted by molar-refractivity contribution is -0.139. The van der Waals surface area contributed by atoms with E-state index in [-0.39, 0.29) is 29.3 Å². The average Bonchev–Trinajstić information content (AvgIpc) is 2.95. The van der Waals surface area contributed by atoms with Gasteiger partial charge in [-0.25, -0.2) is 8.42 Å². The van der Waals surface area contributed by atoms with Crippen molar-refractivity contribution >= 4 is 43.5 Å². The smallest absolute Gasteiger partial charge is 0.264 e. The standard InChI is InChI=1S/C31H38BrN3O4S/c1-6-23(4)33-31(37)24(5)34(20-25-12-16-27(32)17-13-25)30(36)21-35(28-18-14-26(15-19-28)22(2)3)40(38,39)29-10-8-7-9-11-29/h7-19,22-24H,6,20-21H2,1-5H3,(H,33,37). The Balaban J connectivity index is 2.02. The van der Waals surface area contributed by atoms with Crippen LogP contribution in [0.15, 0.2) is 88.2 Å². The molecular weight excluding hydrogens is 590 g/mol. The molecule has 3 aromatic rings. The van der Waals surface area contributed by atoms with E-state index in [0.29, 0.717) is 5.69 Å². The normalized spacial score (nSPS) is 13.0. The van der Waals surface area contributed by atoms with Gasteiger partial charge in [0.15, 0.2) is 0 Å². The molecule has 0 bridgehead atoms. The van der Waals surface area contributed by atoms with Gasteiger partial charge < -0.3 is 10.2 Å². The number of nitrogens with zero attached hydrogens (tertiary/aromatic N) is 2. The van der Waals surface area contributed by atoms with Gasteiger partial charge in [-0.15, -0.1) is 0 Å². The summed E-state index contributed by atoms with van der Waals surface area (Å²) in [5.41, 5.74) is 2.25. The zero-order chi connectivity index (χ0) is 29.4. The molecule has 0 aromatic heterocycles. The van der Waals surface area contributed by atoms with Crippen molar-refractivity contribution in [2.45, 2.75) is 70.5 Å². The summed E-state index contributed by atoms with van der Waals surface area (Å²) in [6, 6.07) is 21.8. The number of amides is 2. The number of sulfonamides is 1. The molecule has 40 heavy (non-hydrogen) atoms. The molecule has 2 unspecified atom stereocenters. The maximum absolute atomic E-state index is 14.0. The average molecular weight is 629 g/mol. The number of anilines is 1. The monoisotopic (exact) mass is 627 g/mol. The van der Waals surface area contributed by atoms with E-state index >= 15 is 0 Å². The van der Waals surface area contributed by atoms with E-state index in [9.17, 15) is 18.0 Å². The molecule has 0 saturated carbocycles. The van der Waals surface area contributed by atoms with E-state index in [4.69, 9.17) is 0 Å². The summed E-state index contributed by atoms with van der Waals surface area (Å²) in [6.45, 7) is 9.34. The molecule has 2 amide bonds. The summed E-state index contributed by atoms with van der Waals surface area (Å²) in [5, 5.41) is 2.95. The number of hydrogen-bond donors (Lipinski definition) is 1. The fourth-order valence-corrected chi connectivity index (χ4v) is 5.81. The molecule has 0 saturated heterocycles. The molecule has 0 aliphatic rings. The second-order valence-electron chi connectivity index (χ2n) is 10.2. The molecule has 7 nitrogen and oxygen atoms in total. The van der Waals surface area contributed by atoms with Gasteiger partial charge in [-0.1, -0.05) is 79.2 Å². The number of carbonyl (C=O) groups is 2. The van der Waals surface area contributed by atoms with Crippen LogP contribution in [0.3, 0.4) is 0 Å². The van der Waals surface area contributed by atoms with Crippen LogP contribution in [0.25, 0.3) is 0 Å². The second kappa shape index (κ2) is 13.9. The lowest BCUT2D eigenvalue weighted by atomic mass is 10.0. The highest BCUT2D eigenvalue weighted by atomic mass is 79.9. The molecule has 0 aliphatic heterocycles. The Hall–Kier alpha value is -3.17. The van der Waals surface area contributed by atoms with Crippen molar-refractivity contribution in [3.63, 3.8) is 0 Å². The maximum Gasteiger partial charge on any atom is 0.264 e. The second-order valence-corrected chi connectivity index (χ2v) is 13.0. The van der Waals surface area contributed by atoms with Crippen LogP contribution in [0.1, 0.15) is 58.1 Å². The molecular formula is C31H38BrN3O4S. The number of halogens is 1. The molecule has 0 radical (unpaired) electrons. The first-order valence-corrected chi connectivity index (χ1v) is 15.7. The predicted octanol–water partition coefficient (Wildman–Crippen LogP) is 6.10. The lowest BCUT2D eigenvalue weighted by Gasteiger charge is -2.32. The summed E-state index contributed by atoms with van der Waals surface area (Å²) in [5.74, 6) is -0.512. The predicted molar refractivity (Wildman–Crippen MR) is 164 cm³/mol. The van der Waals surface area contributed by atoms with Crippen LogP contribution >= 0.6 is 15.9 Å². The topological polar surface area (TPSA) is 86.8 Å². The minimum Gasteiger partial charge on any atom is -0.352 e. The Morgan fingerprint density at radius 1 is 0.875 bits per heavy atom. The molecule has 9 heteroatoms. The molecule has 0 heterocycles. The highest BCUT2D eigenvalue weighted by Crippen LogP contribution is 2.26. The zero-order valence-electron chi connectivity index (χ0n) is 23.7. The van der Waals surface area contributed by atoms with Crippen molar-refractivity contribution in [1.82, 2.24) is 10.2 Å². The van der Waals surface area contributed by atoms with Crippen LogP contribution in [0.5, 0.6) is 0 Å². The number of hydrogen-bond acceptors (Lipinski definition) is 4. The molecule has 0 aliphatic carbocycles. The number of benzene rings is 3. The van der Waals surface area contributed by atoms with Crippen molar-refractivity contribution in [2.75, 3.05) is 10.8 Å². The number of rotatable bonds is 12. The summed E-state index contributed by atoms with van der Waals surface area (Å²) in [6.07, 6.45) is 0.745. The first-order valence-electron chi connectivity index (χ1n) is 13.5. The quantitative estimate of drug-likeness (QED) is 0.263. The van der Waals surface area contributed by atoms with Crippen molar-refractivity contribution in [3.05, 3.63) is 94.5 Å². The fourth-order valence-electron chi connectivity index (χ4n) is 4.11. The fraction of sp³-hybridized carbons (Fsp3) is 0.355. The van der Waals surface area contributed by atoms with Gasteiger partial charge in [0.1, 0.15) is 12.6 Å². The van der Waals surface area contributed by atoms with Gasteiger partial charge >= 0.3 is 0 Å². The van der Waals surface area contributed by atoms with E-state index < -0.39 is 28.5 Å². The van der Waals surface area contributed by atoms with Crippen LogP contribution in [0.2, 0.25) is 0 Å². The number of nitrogens with one attached hydrogen (secondary N) is 1. The summed E-state index contributed by atoms with van der Waals surface area (Å²) in [7, 11) is -4.08. The van der Waals surface area contributed by atoms with E-state index in [1.54, 1.807) is 37.3 Å². The Morgan fingerprint density at radius 2 is 1.48 bits per heavy atom. The van der Waals surface area contributed by atoms with E-state index in [2.05, 4.69) is 35.1 Å².